The Hall–Kier alpha value is -1.49. The van der Waals surface area contributed by atoms with Crippen molar-refractivity contribution in [3.05, 3.63) is 24.3 Å². The number of hydrogen-bond acceptors (Lipinski definition) is 3. The lowest BCUT2D eigenvalue weighted by atomic mass is 10.3. The van der Waals surface area contributed by atoms with Crippen LogP contribution < -0.4 is 10.6 Å². The summed E-state index contributed by atoms with van der Waals surface area (Å²) in [5, 5.41) is 5.29. The van der Waals surface area contributed by atoms with E-state index in [4.69, 9.17) is 0 Å². The SMILES string of the molecule is CCSC(=O)Nc1cccc(NC(C)=O)c1. The summed E-state index contributed by atoms with van der Waals surface area (Å²) < 4.78 is 0. The molecule has 0 fully saturated rings. The molecule has 0 spiro atoms. The standard InChI is InChI=1S/C11H14N2O2S/c1-3-16-11(15)13-10-6-4-5-9(7-10)12-8(2)14/h4-7H,3H2,1-2H3,(H,12,14)(H,13,15). The molecular weight excluding hydrogens is 224 g/mol. The third-order valence-electron chi connectivity index (χ3n) is 1.70. The monoisotopic (exact) mass is 238 g/mol. The van der Waals surface area contributed by atoms with E-state index in [1.54, 1.807) is 24.3 Å². The second-order valence-corrected chi connectivity index (χ2v) is 4.34. The van der Waals surface area contributed by atoms with E-state index < -0.39 is 0 Å². The fourth-order valence-corrected chi connectivity index (χ4v) is 1.62. The van der Waals surface area contributed by atoms with Gasteiger partial charge in [0, 0.05) is 18.3 Å². The van der Waals surface area contributed by atoms with Crippen LogP contribution in [0.4, 0.5) is 16.2 Å². The smallest absolute Gasteiger partial charge is 0.283 e. The Kier molecular flexibility index (Phi) is 4.85. The molecule has 0 saturated carbocycles. The molecule has 86 valence electrons. The van der Waals surface area contributed by atoms with E-state index in [-0.39, 0.29) is 11.1 Å². The van der Waals surface area contributed by atoms with Gasteiger partial charge < -0.3 is 10.6 Å². The molecule has 2 amide bonds. The number of anilines is 2. The van der Waals surface area contributed by atoms with Crippen molar-refractivity contribution in [3.63, 3.8) is 0 Å². The van der Waals surface area contributed by atoms with Crippen LogP contribution in [0.15, 0.2) is 24.3 Å². The zero-order valence-electron chi connectivity index (χ0n) is 9.24. The van der Waals surface area contributed by atoms with Crippen LogP contribution in [0.25, 0.3) is 0 Å². The van der Waals surface area contributed by atoms with E-state index in [9.17, 15) is 9.59 Å². The summed E-state index contributed by atoms with van der Waals surface area (Å²) in [6.07, 6.45) is 0. The maximum atomic E-state index is 11.3. The minimum absolute atomic E-state index is 0.0949. The van der Waals surface area contributed by atoms with Gasteiger partial charge in [0.15, 0.2) is 0 Å². The van der Waals surface area contributed by atoms with E-state index in [2.05, 4.69) is 10.6 Å². The van der Waals surface area contributed by atoms with Crippen molar-refractivity contribution in [1.82, 2.24) is 0 Å². The second kappa shape index (κ2) is 6.17. The summed E-state index contributed by atoms with van der Waals surface area (Å²) in [4.78, 5) is 22.2. The molecule has 0 radical (unpaired) electrons. The average Bonchev–Trinajstić information content (AvgIpc) is 2.17. The molecule has 1 rings (SSSR count). The molecule has 4 nitrogen and oxygen atoms in total. The van der Waals surface area contributed by atoms with E-state index in [0.717, 1.165) is 5.75 Å². The highest BCUT2D eigenvalue weighted by molar-refractivity contribution is 8.13. The molecule has 0 unspecified atom stereocenters. The van der Waals surface area contributed by atoms with Gasteiger partial charge in [-0.3, -0.25) is 9.59 Å². The van der Waals surface area contributed by atoms with Gasteiger partial charge in [0.2, 0.25) is 5.91 Å². The molecule has 1 aromatic rings. The van der Waals surface area contributed by atoms with Gasteiger partial charge in [0.1, 0.15) is 0 Å². The summed E-state index contributed by atoms with van der Waals surface area (Å²) in [7, 11) is 0. The normalized spacial score (nSPS) is 9.62. The molecule has 0 aliphatic heterocycles. The number of rotatable bonds is 3. The molecule has 2 N–H and O–H groups in total. The Bertz CT molecular complexity index is 393. The van der Waals surface area contributed by atoms with E-state index in [0.29, 0.717) is 11.4 Å². The Morgan fingerprint density at radius 2 is 1.88 bits per heavy atom. The fraction of sp³-hybridized carbons (Fsp3) is 0.273. The van der Waals surface area contributed by atoms with Crippen LogP contribution in [0.2, 0.25) is 0 Å². The zero-order chi connectivity index (χ0) is 12.0. The maximum absolute atomic E-state index is 11.3. The van der Waals surface area contributed by atoms with Crippen molar-refractivity contribution in [3.8, 4) is 0 Å². The molecule has 0 aromatic heterocycles. The summed E-state index contributed by atoms with van der Waals surface area (Å²) in [6.45, 7) is 3.36. The quantitative estimate of drug-likeness (QED) is 0.851. The summed E-state index contributed by atoms with van der Waals surface area (Å²) in [5.41, 5.74) is 1.35. The third kappa shape index (κ3) is 4.35. The number of benzene rings is 1. The first kappa shape index (κ1) is 12.6. The van der Waals surface area contributed by atoms with Crippen molar-refractivity contribution >= 4 is 34.3 Å². The third-order valence-corrected chi connectivity index (χ3v) is 2.36. The van der Waals surface area contributed by atoms with Crippen molar-refractivity contribution in [2.45, 2.75) is 13.8 Å². The molecule has 0 heterocycles. The highest BCUT2D eigenvalue weighted by atomic mass is 32.2. The predicted molar refractivity (Wildman–Crippen MR) is 67.9 cm³/mol. The van der Waals surface area contributed by atoms with Gasteiger partial charge in [0.05, 0.1) is 0 Å². The Labute approximate surface area is 98.8 Å². The molecule has 0 aliphatic carbocycles. The molecule has 0 bridgehead atoms. The van der Waals surface area contributed by atoms with Gasteiger partial charge in [-0.15, -0.1) is 0 Å². The van der Waals surface area contributed by atoms with Gasteiger partial charge in [0.25, 0.3) is 5.24 Å². The molecule has 1 aromatic carbocycles. The van der Waals surface area contributed by atoms with Gasteiger partial charge in [-0.05, 0) is 24.0 Å². The lowest BCUT2D eigenvalue weighted by Gasteiger charge is -2.06. The van der Waals surface area contributed by atoms with Gasteiger partial charge in [-0.1, -0.05) is 24.8 Å². The average molecular weight is 238 g/mol. The van der Waals surface area contributed by atoms with E-state index in [1.165, 1.54) is 18.7 Å². The highest BCUT2D eigenvalue weighted by Gasteiger charge is 2.02. The minimum atomic E-state index is -0.133. The van der Waals surface area contributed by atoms with Gasteiger partial charge >= 0.3 is 0 Å². The van der Waals surface area contributed by atoms with Crippen molar-refractivity contribution in [1.29, 1.82) is 0 Å². The first-order valence-electron chi connectivity index (χ1n) is 4.93. The Balaban J connectivity index is 2.67. The molecule has 0 atom stereocenters. The Morgan fingerprint density at radius 3 is 2.44 bits per heavy atom. The molecule has 0 saturated heterocycles. The van der Waals surface area contributed by atoms with Gasteiger partial charge in [-0.2, -0.15) is 0 Å². The van der Waals surface area contributed by atoms with Crippen LogP contribution >= 0.6 is 11.8 Å². The largest absolute Gasteiger partial charge is 0.326 e. The summed E-state index contributed by atoms with van der Waals surface area (Å²) >= 11 is 1.21. The topological polar surface area (TPSA) is 58.2 Å². The number of carbonyl (C=O) groups is 2. The van der Waals surface area contributed by atoms with E-state index in [1.807, 2.05) is 6.92 Å². The first-order valence-corrected chi connectivity index (χ1v) is 5.92. The number of nitrogens with one attached hydrogen (secondary N) is 2. The first-order chi connectivity index (χ1) is 7.61. The van der Waals surface area contributed by atoms with Crippen LogP contribution in [0, 0.1) is 0 Å². The van der Waals surface area contributed by atoms with Crippen molar-refractivity contribution in [2.24, 2.45) is 0 Å². The lowest BCUT2D eigenvalue weighted by molar-refractivity contribution is -0.114. The van der Waals surface area contributed by atoms with Crippen molar-refractivity contribution < 1.29 is 9.59 Å². The van der Waals surface area contributed by atoms with E-state index >= 15 is 0 Å². The number of amides is 2. The second-order valence-electron chi connectivity index (χ2n) is 3.11. The fourth-order valence-electron chi connectivity index (χ4n) is 1.16. The molecule has 5 heteroatoms. The van der Waals surface area contributed by atoms with Crippen LogP contribution in [0.3, 0.4) is 0 Å². The van der Waals surface area contributed by atoms with Crippen LogP contribution in [-0.2, 0) is 4.79 Å². The van der Waals surface area contributed by atoms with Crippen molar-refractivity contribution in [2.75, 3.05) is 16.4 Å². The molecule has 16 heavy (non-hydrogen) atoms. The van der Waals surface area contributed by atoms with Gasteiger partial charge in [-0.25, -0.2) is 0 Å². The lowest BCUT2D eigenvalue weighted by Crippen LogP contribution is -2.08. The van der Waals surface area contributed by atoms with Crippen LogP contribution in [0.5, 0.6) is 0 Å². The zero-order valence-corrected chi connectivity index (χ0v) is 10.1. The molecular formula is C11H14N2O2S. The maximum Gasteiger partial charge on any atom is 0.283 e. The predicted octanol–water partition coefficient (Wildman–Crippen LogP) is 2.93. The summed E-state index contributed by atoms with van der Waals surface area (Å²) in [6, 6.07) is 7.04. The van der Waals surface area contributed by atoms with Crippen LogP contribution in [-0.4, -0.2) is 16.9 Å². The van der Waals surface area contributed by atoms with Crippen LogP contribution in [0.1, 0.15) is 13.8 Å². The number of carbonyl (C=O) groups excluding carboxylic acids is 2. The highest BCUT2D eigenvalue weighted by Crippen LogP contribution is 2.16. The minimum Gasteiger partial charge on any atom is -0.326 e. The summed E-state index contributed by atoms with van der Waals surface area (Å²) in [5.74, 6) is 0.600. The Morgan fingerprint density at radius 1 is 1.25 bits per heavy atom. The number of thioether (sulfide) groups is 1. The number of hydrogen-bond donors (Lipinski definition) is 2. The molecule has 0 aliphatic rings.